The molecule has 0 N–H and O–H groups in total. The first-order chi connectivity index (χ1) is 8.07. The highest BCUT2D eigenvalue weighted by Crippen LogP contribution is 2.26. The summed E-state index contributed by atoms with van der Waals surface area (Å²) in [6.45, 7) is 3.98. The molecule has 1 aromatic rings. The van der Waals surface area contributed by atoms with Crippen LogP contribution < -0.4 is 4.74 Å². The molecular formula is C14H19NOS. The van der Waals surface area contributed by atoms with E-state index in [0.29, 0.717) is 0 Å². The van der Waals surface area contributed by atoms with Crippen LogP contribution in [-0.2, 0) is 0 Å². The van der Waals surface area contributed by atoms with Gasteiger partial charge in [-0.05, 0) is 56.7 Å². The fourth-order valence-electron chi connectivity index (χ4n) is 1.43. The van der Waals surface area contributed by atoms with Crippen LogP contribution in [0.1, 0.15) is 26.7 Å². The first-order valence-corrected chi connectivity index (χ1v) is 6.74. The maximum atomic E-state index is 8.90. The van der Waals surface area contributed by atoms with Crippen LogP contribution in [0.25, 0.3) is 0 Å². The molecule has 17 heavy (non-hydrogen) atoms. The zero-order chi connectivity index (χ0) is 12.7. The van der Waals surface area contributed by atoms with Crippen molar-refractivity contribution < 1.29 is 4.74 Å². The highest BCUT2D eigenvalue weighted by molar-refractivity contribution is 7.99. The van der Waals surface area contributed by atoms with Crippen LogP contribution >= 0.6 is 11.8 Å². The number of nitriles is 1. The summed E-state index contributed by atoms with van der Waals surface area (Å²) < 4.78 is 5.11. The molecule has 0 aliphatic heterocycles. The molecule has 0 bridgehead atoms. The zero-order valence-corrected chi connectivity index (χ0v) is 11.5. The largest absolute Gasteiger partial charge is 0.497 e. The Kier molecular flexibility index (Phi) is 5.37. The van der Waals surface area contributed by atoms with Crippen molar-refractivity contribution in [1.82, 2.24) is 0 Å². The molecule has 0 spiro atoms. The lowest BCUT2D eigenvalue weighted by Crippen LogP contribution is -2.07. The molecule has 3 heteroatoms. The number of hydrogen-bond donors (Lipinski definition) is 0. The maximum absolute atomic E-state index is 8.90. The Morgan fingerprint density at radius 3 is 2.47 bits per heavy atom. The molecule has 0 saturated heterocycles. The molecule has 1 aromatic carbocycles. The zero-order valence-electron chi connectivity index (χ0n) is 10.7. The minimum Gasteiger partial charge on any atom is -0.497 e. The van der Waals surface area contributed by atoms with E-state index in [2.05, 4.69) is 18.2 Å². The molecule has 0 atom stereocenters. The third-order valence-corrected chi connectivity index (χ3v) is 3.68. The first-order valence-electron chi connectivity index (χ1n) is 5.75. The topological polar surface area (TPSA) is 33.0 Å². The number of benzene rings is 1. The van der Waals surface area contributed by atoms with Gasteiger partial charge in [0.15, 0.2) is 0 Å². The van der Waals surface area contributed by atoms with Gasteiger partial charge in [-0.1, -0.05) is 0 Å². The second-order valence-electron chi connectivity index (χ2n) is 4.62. The minimum absolute atomic E-state index is 0.194. The Morgan fingerprint density at radius 1 is 1.29 bits per heavy atom. The van der Waals surface area contributed by atoms with Gasteiger partial charge in [-0.3, -0.25) is 0 Å². The highest BCUT2D eigenvalue weighted by atomic mass is 32.2. The van der Waals surface area contributed by atoms with Gasteiger partial charge in [0.25, 0.3) is 0 Å². The monoisotopic (exact) mass is 249 g/mol. The molecule has 2 nitrogen and oxygen atoms in total. The van der Waals surface area contributed by atoms with Gasteiger partial charge in [-0.15, -0.1) is 11.8 Å². The summed E-state index contributed by atoms with van der Waals surface area (Å²) in [5.74, 6) is 1.94. The lowest BCUT2D eigenvalue weighted by Gasteiger charge is -2.14. The Balaban J connectivity index is 2.29. The van der Waals surface area contributed by atoms with Crippen molar-refractivity contribution in [2.24, 2.45) is 5.41 Å². The molecule has 0 aliphatic rings. The van der Waals surface area contributed by atoms with E-state index >= 15 is 0 Å². The Hall–Kier alpha value is -1.14. The van der Waals surface area contributed by atoms with Gasteiger partial charge in [0.1, 0.15) is 5.75 Å². The second kappa shape index (κ2) is 6.56. The van der Waals surface area contributed by atoms with Crippen molar-refractivity contribution in [2.45, 2.75) is 31.6 Å². The molecule has 1 rings (SSSR count). The molecule has 0 aliphatic carbocycles. The molecule has 92 valence electrons. The lowest BCUT2D eigenvalue weighted by atomic mass is 9.90. The van der Waals surface area contributed by atoms with Crippen molar-refractivity contribution in [1.29, 1.82) is 5.26 Å². The SMILES string of the molecule is COc1ccc(SCCCC(C)(C)C#N)cc1. The molecule has 0 radical (unpaired) electrons. The van der Waals surface area contributed by atoms with Gasteiger partial charge in [0, 0.05) is 4.90 Å². The summed E-state index contributed by atoms with van der Waals surface area (Å²) in [6.07, 6.45) is 2.02. The fourth-order valence-corrected chi connectivity index (χ4v) is 2.28. The van der Waals surface area contributed by atoms with Gasteiger partial charge < -0.3 is 4.74 Å². The fraction of sp³-hybridized carbons (Fsp3) is 0.500. The molecule has 0 amide bonds. The summed E-state index contributed by atoms with van der Waals surface area (Å²) in [7, 11) is 1.67. The van der Waals surface area contributed by atoms with Crippen molar-refractivity contribution in [3.05, 3.63) is 24.3 Å². The third-order valence-electron chi connectivity index (χ3n) is 2.58. The van der Waals surface area contributed by atoms with Gasteiger partial charge in [0.05, 0.1) is 18.6 Å². The van der Waals surface area contributed by atoms with Gasteiger partial charge >= 0.3 is 0 Å². The molecule has 0 heterocycles. The van der Waals surface area contributed by atoms with Gasteiger partial charge in [-0.25, -0.2) is 0 Å². The van der Waals surface area contributed by atoms with E-state index in [9.17, 15) is 0 Å². The van der Waals surface area contributed by atoms with Gasteiger partial charge in [0.2, 0.25) is 0 Å². The second-order valence-corrected chi connectivity index (χ2v) is 5.79. The molecule has 0 fully saturated rings. The van der Waals surface area contributed by atoms with E-state index in [1.165, 1.54) is 4.90 Å². The van der Waals surface area contributed by atoms with Gasteiger partial charge in [-0.2, -0.15) is 5.26 Å². The average Bonchev–Trinajstić information content (AvgIpc) is 2.35. The van der Waals surface area contributed by atoms with E-state index in [1.54, 1.807) is 7.11 Å². The summed E-state index contributed by atoms with van der Waals surface area (Å²) >= 11 is 1.83. The summed E-state index contributed by atoms with van der Waals surface area (Å²) in [5.41, 5.74) is -0.194. The van der Waals surface area contributed by atoms with Crippen LogP contribution in [0.3, 0.4) is 0 Å². The number of thioether (sulfide) groups is 1. The Morgan fingerprint density at radius 2 is 1.94 bits per heavy atom. The van der Waals surface area contributed by atoms with Crippen LogP contribution in [0.4, 0.5) is 0 Å². The highest BCUT2D eigenvalue weighted by Gasteiger charge is 2.15. The molecule has 0 saturated carbocycles. The summed E-state index contributed by atoms with van der Waals surface area (Å²) in [6, 6.07) is 10.4. The minimum atomic E-state index is -0.194. The summed E-state index contributed by atoms with van der Waals surface area (Å²) in [5, 5.41) is 8.90. The van der Waals surface area contributed by atoms with Crippen LogP contribution in [0.2, 0.25) is 0 Å². The number of hydrogen-bond acceptors (Lipinski definition) is 3. The van der Waals surface area contributed by atoms with Crippen LogP contribution in [0.15, 0.2) is 29.2 Å². The maximum Gasteiger partial charge on any atom is 0.118 e. The van der Waals surface area contributed by atoms with Crippen LogP contribution in [0, 0.1) is 16.7 Å². The van der Waals surface area contributed by atoms with E-state index < -0.39 is 0 Å². The smallest absolute Gasteiger partial charge is 0.118 e. The standard InChI is InChI=1S/C14H19NOS/c1-14(2,11-15)9-4-10-17-13-7-5-12(16-3)6-8-13/h5-8H,4,9-10H2,1-3H3. The average molecular weight is 249 g/mol. The number of rotatable bonds is 6. The molecule has 0 unspecified atom stereocenters. The summed E-state index contributed by atoms with van der Waals surface area (Å²) in [4.78, 5) is 1.25. The van der Waals surface area contributed by atoms with E-state index in [-0.39, 0.29) is 5.41 Å². The van der Waals surface area contributed by atoms with Crippen molar-refractivity contribution >= 4 is 11.8 Å². The van der Waals surface area contributed by atoms with Crippen molar-refractivity contribution in [3.63, 3.8) is 0 Å². The van der Waals surface area contributed by atoms with Crippen LogP contribution in [-0.4, -0.2) is 12.9 Å². The normalized spacial score (nSPS) is 10.9. The Labute approximate surface area is 108 Å². The van der Waals surface area contributed by atoms with E-state index in [0.717, 1.165) is 24.3 Å². The molecular weight excluding hydrogens is 230 g/mol. The number of ether oxygens (including phenoxy) is 1. The lowest BCUT2D eigenvalue weighted by molar-refractivity contribution is 0.414. The van der Waals surface area contributed by atoms with E-state index in [1.807, 2.05) is 37.7 Å². The van der Waals surface area contributed by atoms with Crippen molar-refractivity contribution in [2.75, 3.05) is 12.9 Å². The number of methoxy groups -OCH3 is 1. The van der Waals surface area contributed by atoms with Crippen LogP contribution in [0.5, 0.6) is 5.75 Å². The third kappa shape index (κ3) is 5.14. The quantitative estimate of drug-likeness (QED) is 0.561. The molecule has 0 aromatic heterocycles. The van der Waals surface area contributed by atoms with Crippen molar-refractivity contribution in [3.8, 4) is 11.8 Å². The predicted molar refractivity (Wildman–Crippen MR) is 72.3 cm³/mol. The first kappa shape index (κ1) is 13.9. The predicted octanol–water partition coefficient (Wildman–Crippen LogP) is 4.12. The number of nitrogens with zero attached hydrogens (tertiary/aromatic N) is 1. The Bertz CT molecular complexity index is 378. The van der Waals surface area contributed by atoms with E-state index in [4.69, 9.17) is 10.00 Å².